The number of nitrogens with zero attached hydrogens (tertiary/aromatic N) is 1. The highest BCUT2D eigenvalue weighted by atomic mass is 16.1. The van der Waals surface area contributed by atoms with E-state index in [0.29, 0.717) is 13.1 Å². The van der Waals surface area contributed by atoms with Crippen LogP contribution in [0.1, 0.15) is 22.6 Å². The lowest BCUT2D eigenvalue weighted by molar-refractivity contribution is -0.122. The zero-order chi connectivity index (χ0) is 13.8. The summed E-state index contributed by atoms with van der Waals surface area (Å²) >= 11 is 0. The molecule has 2 N–H and O–H groups in total. The molecule has 0 radical (unpaired) electrons. The maximum atomic E-state index is 12.4. The van der Waals surface area contributed by atoms with E-state index in [1.807, 2.05) is 30.3 Å². The molecule has 1 aromatic carbocycles. The third-order valence-corrected chi connectivity index (χ3v) is 3.63. The first-order valence-corrected chi connectivity index (χ1v) is 6.80. The molecule has 1 aliphatic rings. The molecule has 2 aromatic rings. The molecule has 1 atom stereocenters. The van der Waals surface area contributed by atoms with Gasteiger partial charge in [-0.3, -0.25) is 9.78 Å². The number of amides is 1. The summed E-state index contributed by atoms with van der Waals surface area (Å²) in [4.78, 5) is 16.3. The van der Waals surface area contributed by atoms with E-state index in [1.54, 1.807) is 12.4 Å². The minimum absolute atomic E-state index is 0.0708. The molecule has 1 aliphatic heterocycles. The highest BCUT2D eigenvalue weighted by molar-refractivity contribution is 5.84. The number of benzene rings is 1. The van der Waals surface area contributed by atoms with Gasteiger partial charge < -0.3 is 10.6 Å². The largest absolute Gasteiger partial charge is 0.351 e. The molecular formula is C16H17N3O. The summed E-state index contributed by atoms with van der Waals surface area (Å²) in [5, 5.41) is 6.30. The Bertz CT molecular complexity index is 598. The van der Waals surface area contributed by atoms with Crippen LogP contribution in [0.5, 0.6) is 0 Å². The number of hydrogen-bond donors (Lipinski definition) is 2. The fourth-order valence-corrected chi connectivity index (χ4v) is 2.54. The number of hydrogen-bond acceptors (Lipinski definition) is 3. The minimum Gasteiger partial charge on any atom is -0.351 e. The second kappa shape index (κ2) is 5.84. The first-order valence-electron chi connectivity index (χ1n) is 6.80. The van der Waals surface area contributed by atoms with E-state index in [4.69, 9.17) is 0 Å². The van der Waals surface area contributed by atoms with Crippen molar-refractivity contribution in [2.75, 3.05) is 6.54 Å². The van der Waals surface area contributed by atoms with Crippen molar-refractivity contribution in [1.82, 2.24) is 15.6 Å². The smallest absolute Gasteiger partial charge is 0.229 e. The highest BCUT2D eigenvalue weighted by Gasteiger charge is 2.25. The molecule has 0 spiro atoms. The van der Waals surface area contributed by atoms with E-state index in [-0.39, 0.29) is 11.8 Å². The van der Waals surface area contributed by atoms with E-state index in [1.165, 1.54) is 5.56 Å². The third-order valence-electron chi connectivity index (χ3n) is 3.63. The van der Waals surface area contributed by atoms with E-state index in [2.05, 4.69) is 21.7 Å². The highest BCUT2D eigenvalue weighted by Crippen LogP contribution is 2.23. The zero-order valence-corrected chi connectivity index (χ0v) is 11.2. The van der Waals surface area contributed by atoms with Crippen LogP contribution in [-0.2, 0) is 17.9 Å². The zero-order valence-electron chi connectivity index (χ0n) is 11.2. The lowest BCUT2D eigenvalue weighted by Gasteiger charge is -2.25. The summed E-state index contributed by atoms with van der Waals surface area (Å²) in [5.74, 6) is -0.0387. The van der Waals surface area contributed by atoms with Gasteiger partial charge in [-0.1, -0.05) is 24.3 Å². The number of carbonyl (C=O) groups excluding carboxylic acids is 1. The van der Waals surface area contributed by atoms with Gasteiger partial charge in [0, 0.05) is 32.0 Å². The molecule has 0 saturated carbocycles. The Kier molecular flexibility index (Phi) is 3.74. The number of nitrogens with one attached hydrogen (secondary N) is 2. The van der Waals surface area contributed by atoms with Crippen LogP contribution in [0, 0.1) is 0 Å². The Labute approximate surface area is 118 Å². The molecule has 0 fully saturated rings. The molecule has 20 heavy (non-hydrogen) atoms. The maximum Gasteiger partial charge on any atom is 0.229 e. The fraction of sp³-hybridized carbons (Fsp3) is 0.250. The summed E-state index contributed by atoms with van der Waals surface area (Å²) in [6.45, 7) is 2.07. The van der Waals surface area contributed by atoms with Crippen molar-refractivity contribution in [2.24, 2.45) is 0 Å². The first-order chi connectivity index (χ1) is 9.84. The van der Waals surface area contributed by atoms with Gasteiger partial charge in [-0.25, -0.2) is 0 Å². The van der Waals surface area contributed by atoms with Crippen LogP contribution in [0.15, 0.2) is 48.8 Å². The normalized spacial score (nSPS) is 17.3. The van der Waals surface area contributed by atoms with E-state index in [0.717, 1.165) is 17.7 Å². The van der Waals surface area contributed by atoms with Gasteiger partial charge in [0.1, 0.15) is 0 Å². The molecule has 102 valence electrons. The molecule has 0 aliphatic carbocycles. The number of aromatic nitrogens is 1. The van der Waals surface area contributed by atoms with E-state index in [9.17, 15) is 4.79 Å². The molecule has 4 nitrogen and oxygen atoms in total. The molecule has 2 heterocycles. The van der Waals surface area contributed by atoms with Crippen molar-refractivity contribution in [2.45, 2.75) is 19.0 Å². The van der Waals surface area contributed by atoms with Crippen LogP contribution in [0.4, 0.5) is 0 Å². The van der Waals surface area contributed by atoms with Crippen LogP contribution < -0.4 is 10.6 Å². The van der Waals surface area contributed by atoms with Gasteiger partial charge in [-0.15, -0.1) is 0 Å². The van der Waals surface area contributed by atoms with Gasteiger partial charge in [0.15, 0.2) is 0 Å². The van der Waals surface area contributed by atoms with Gasteiger partial charge >= 0.3 is 0 Å². The number of rotatable bonds is 3. The minimum atomic E-state index is -0.109. The van der Waals surface area contributed by atoms with Crippen molar-refractivity contribution in [1.29, 1.82) is 0 Å². The predicted molar refractivity (Wildman–Crippen MR) is 77.0 cm³/mol. The van der Waals surface area contributed by atoms with Crippen molar-refractivity contribution >= 4 is 5.91 Å². The summed E-state index contributed by atoms with van der Waals surface area (Å²) in [6.07, 6.45) is 3.47. The predicted octanol–water partition coefficient (Wildman–Crippen LogP) is 1.58. The van der Waals surface area contributed by atoms with Gasteiger partial charge in [0.05, 0.1) is 5.92 Å². The van der Waals surface area contributed by atoms with Crippen molar-refractivity contribution in [3.05, 3.63) is 65.5 Å². The number of pyridine rings is 1. The quantitative estimate of drug-likeness (QED) is 0.888. The SMILES string of the molecule is O=C(NCc1ccncc1)C1CNCc2ccccc21. The Morgan fingerprint density at radius 2 is 2.05 bits per heavy atom. The van der Waals surface area contributed by atoms with Gasteiger partial charge in [0.2, 0.25) is 5.91 Å². The van der Waals surface area contributed by atoms with Gasteiger partial charge in [0.25, 0.3) is 0 Å². The van der Waals surface area contributed by atoms with Crippen molar-refractivity contribution < 1.29 is 4.79 Å². The second-order valence-corrected chi connectivity index (χ2v) is 4.96. The Morgan fingerprint density at radius 1 is 1.25 bits per heavy atom. The fourth-order valence-electron chi connectivity index (χ4n) is 2.54. The van der Waals surface area contributed by atoms with Gasteiger partial charge in [-0.2, -0.15) is 0 Å². The molecule has 1 unspecified atom stereocenters. The average Bonchev–Trinajstić information content (AvgIpc) is 2.53. The first kappa shape index (κ1) is 12.8. The van der Waals surface area contributed by atoms with E-state index < -0.39 is 0 Å². The molecule has 3 rings (SSSR count). The summed E-state index contributed by atoms with van der Waals surface area (Å²) in [6, 6.07) is 11.9. The molecule has 0 saturated heterocycles. The van der Waals surface area contributed by atoms with Crippen LogP contribution in [0.25, 0.3) is 0 Å². The summed E-state index contributed by atoms with van der Waals surface area (Å²) in [7, 11) is 0. The molecular weight excluding hydrogens is 250 g/mol. The number of fused-ring (bicyclic) bond motifs is 1. The lowest BCUT2D eigenvalue weighted by atomic mass is 9.90. The second-order valence-electron chi connectivity index (χ2n) is 4.96. The van der Waals surface area contributed by atoms with E-state index >= 15 is 0 Å². The van der Waals surface area contributed by atoms with Crippen LogP contribution >= 0.6 is 0 Å². The third kappa shape index (κ3) is 2.70. The molecule has 0 bridgehead atoms. The topological polar surface area (TPSA) is 54.0 Å². The Morgan fingerprint density at radius 3 is 2.90 bits per heavy atom. The maximum absolute atomic E-state index is 12.4. The Balaban J connectivity index is 1.69. The van der Waals surface area contributed by atoms with Crippen LogP contribution in [-0.4, -0.2) is 17.4 Å². The Hall–Kier alpha value is -2.20. The lowest BCUT2D eigenvalue weighted by Crippen LogP contribution is -2.38. The van der Waals surface area contributed by atoms with Crippen LogP contribution in [0.3, 0.4) is 0 Å². The molecule has 1 aromatic heterocycles. The summed E-state index contributed by atoms with van der Waals surface area (Å²) in [5.41, 5.74) is 3.41. The van der Waals surface area contributed by atoms with Gasteiger partial charge in [-0.05, 0) is 28.8 Å². The molecule has 1 amide bonds. The van der Waals surface area contributed by atoms with Crippen LogP contribution in [0.2, 0.25) is 0 Å². The average molecular weight is 267 g/mol. The monoisotopic (exact) mass is 267 g/mol. The molecule has 4 heteroatoms. The summed E-state index contributed by atoms with van der Waals surface area (Å²) < 4.78 is 0. The van der Waals surface area contributed by atoms with Crippen molar-refractivity contribution in [3.8, 4) is 0 Å². The van der Waals surface area contributed by atoms with Crippen molar-refractivity contribution in [3.63, 3.8) is 0 Å². The standard InChI is InChI=1S/C16H17N3O/c20-16(19-9-12-5-7-17-8-6-12)15-11-18-10-13-3-1-2-4-14(13)15/h1-8,15,18H,9-11H2,(H,19,20). The number of carbonyl (C=O) groups is 1.